The Kier molecular flexibility index (Phi) is 5.24. The lowest BCUT2D eigenvalue weighted by molar-refractivity contribution is 0.470. The SMILES string of the molecule is CNCCN(C)S(=O)(=O)CBr. The number of rotatable bonds is 5. The summed E-state index contributed by atoms with van der Waals surface area (Å²) in [6, 6.07) is 0. The number of hydrogen-bond acceptors (Lipinski definition) is 3. The second-order valence-corrected chi connectivity index (χ2v) is 5.52. The molecule has 0 rings (SSSR count). The number of hydrogen-bond donors (Lipinski definition) is 1. The Morgan fingerprint density at radius 2 is 2.09 bits per heavy atom. The summed E-state index contributed by atoms with van der Waals surface area (Å²) in [4.78, 5) is 0. The number of nitrogens with one attached hydrogen (secondary N) is 1. The zero-order valence-corrected chi connectivity index (χ0v) is 9.07. The first-order chi connectivity index (χ1) is 5.04. The highest BCUT2D eigenvalue weighted by Crippen LogP contribution is 2.00. The summed E-state index contributed by atoms with van der Waals surface area (Å²) in [5.41, 5.74) is 0. The van der Waals surface area contributed by atoms with Gasteiger partial charge >= 0.3 is 0 Å². The average Bonchev–Trinajstić information content (AvgIpc) is 2.00. The molecule has 0 aromatic rings. The molecule has 0 unspecified atom stereocenters. The summed E-state index contributed by atoms with van der Waals surface area (Å²) in [5, 5.41) is 2.87. The maximum absolute atomic E-state index is 11.1. The van der Waals surface area contributed by atoms with Crippen LogP contribution >= 0.6 is 15.9 Å². The normalized spacial score (nSPS) is 12.4. The molecule has 0 aliphatic rings. The number of alkyl halides is 1. The maximum Gasteiger partial charge on any atom is 0.223 e. The van der Waals surface area contributed by atoms with Crippen molar-refractivity contribution in [2.24, 2.45) is 0 Å². The van der Waals surface area contributed by atoms with Crippen LogP contribution in [0.2, 0.25) is 0 Å². The number of likely N-dealkylation sites (N-methyl/N-ethyl adjacent to an activating group) is 2. The van der Waals surface area contributed by atoms with E-state index >= 15 is 0 Å². The van der Waals surface area contributed by atoms with Gasteiger partial charge in [0, 0.05) is 20.1 Å². The molecular weight excluding hydrogens is 232 g/mol. The van der Waals surface area contributed by atoms with Crippen molar-refractivity contribution >= 4 is 26.0 Å². The van der Waals surface area contributed by atoms with Gasteiger partial charge in [-0.15, -0.1) is 0 Å². The van der Waals surface area contributed by atoms with Crippen LogP contribution < -0.4 is 5.32 Å². The van der Waals surface area contributed by atoms with Crippen molar-refractivity contribution in [2.75, 3.05) is 31.8 Å². The third-order valence-electron chi connectivity index (χ3n) is 1.29. The van der Waals surface area contributed by atoms with Gasteiger partial charge in [-0.25, -0.2) is 12.7 Å². The van der Waals surface area contributed by atoms with Gasteiger partial charge in [-0.3, -0.25) is 0 Å². The van der Waals surface area contributed by atoms with E-state index in [1.807, 2.05) is 0 Å². The Morgan fingerprint density at radius 3 is 2.45 bits per heavy atom. The van der Waals surface area contributed by atoms with Crippen LogP contribution in [0.15, 0.2) is 0 Å². The Bertz CT molecular complexity index is 193. The first-order valence-electron chi connectivity index (χ1n) is 3.19. The monoisotopic (exact) mass is 244 g/mol. The van der Waals surface area contributed by atoms with Gasteiger partial charge in [-0.2, -0.15) is 0 Å². The molecule has 6 heteroatoms. The van der Waals surface area contributed by atoms with Gasteiger partial charge in [-0.1, -0.05) is 15.9 Å². The number of halogens is 1. The Hall–Kier alpha value is 0.350. The fourth-order valence-electron chi connectivity index (χ4n) is 0.492. The lowest BCUT2D eigenvalue weighted by Gasteiger charge is -2.14. The molecule has 0 aromatic heterocycles. The second-order valence-electron chi connectivity index (χ2n) is 2.15. The molecule has 0 spiro atoms. The van der Waals surface area contributed by atoms with E-state index < -0.39 is 10.0 Å². The van der Waals surface area contributed by atoms with Crippen LogP contribution in [0, 0.1) is 0 Å². The predicted molar refractivity (Wildman–Crippen MR) is 49.3 cm³/mol. The van der Waals surface area contributed by atoms with Gasteiger partial charge in [0.15, 0.2) is 0 Å². The molecule has 0 atom stereocenters. The van der Waals surface area contributed by atoms with E-state index in [1.165, 1.54) is 4.31 Å². The fraction of sp³-hybridized carbons (Fsp3) is 1.00. The van der Waals surface area contributed by atoms with Crippen molar-refractivity contribution in [3.63, 3.8) is 0 Å². The summed E-state index contributed by atoms with van der Waals surface area (Å²) in [7, 11) is 0.289. The minimum Gasteiger partial charge on any atom is -0.318 e. The maximum atomic E-state index is 11.1. The van der Waals surface area contributed by atoms with Crippen LogP contribution in [0.3, 0.4) is 0 Å². The highest BCUT2D eigenvalue weighted by Gasteiger charge is 2.14. The molecule has 0 aliphatic heterocycles. The van der Waals surface area contributed by atoms with Crippen molar-refractivity contribution < 1.29 is 8.42 Å². The second kappa shape index (κ2) is 5.08. The van der Waals surface area contributed by atoms with Crippen LogP contribution in [-0.2, 0) is 10.0 Å². The third-order valence-corrected chi connectivity index (χ3v) is 4.43. The molecule has 0 fully saturated rings. The Labute approximate surface area is 76.1 Å². The summed E-state index contributed by atoms with van der Waals surface area (Å²) in [5.74, 6) is 0. The van der Waals surface area contributed by atoms with Gasteiger partial charge in [0.05, 0.1) is 0 Å². The highest BCUT2D eigenvalue weighted by atomic mass is 79.9. The van der Waals surface area contributed by atoms with Crippen molar-refractivity contribution in [2.45, 2.75) is 0 Å². The summed E-state index contributed by atoms with van der Waals surface area (Å²) in [6.45, 7) is 1.17. The van der Waals surface area contributed by atoms with E-state index in [-0.39, 0.29) is 4.66 Å². The number of nitrogens with zero attached hydrogens (tertiary/aromatic N) is 1. The molecule has 0 saturated carbocycles. The van der Waals surface area contributed by atoms with Crippen LogP contribution in [0.4, 0.5) is 0 Å². The van der Waals surface area contributed by atoms with E-state index in [4.69, 9.17) is 0 Å². The third kappa shape index (κ3) is 4.05. The quantitative estimate of drug-likeness (QED) is 0.683. The highest BCUT2D eigenvalue weighted by molar-refractivity contribution is 9.10. The minimum atomic E-state index is -3.06. The number of sulfonamides is 1. The zero-order valence-electron chi connectivity index (χ0n) is 6.67. The van der Waals surface area contributed by atoms with E-state index in [0.717, 1.165) is 0 Å². The van der Waals surface area contributed by atoms with Crippen molar-refractivity contribution in [3.05, 3.63) is 0 Å². The molecule has 0 aromatic carbocycles. The molecule has 68 valence electrons. The molecule has 0 radical (unpaired) electrons. The molecule has 1 N–H and O–H groups in total. The zero-order chi connectivity index (χ0) is 8.91. The van der Waals surface area contributed by atoms with Gasteiger partial charge in [0.1, 0.15) is 4.66 Å². The standard InChI is InChI=1S/C5H13BrN2O2S/c1-7-3-4-8(2)11(9,10)5-6/h7H,3-5H2,1-2H3. The van der Waals surface area contributed by atoms with Gasteiger partial charge < -0.3 is 5.32 Å². The van der Waals surface area contributed by atoms with E-state index in [0.29, 0.717) is 13.1 Å². The van der Waals surface area contributed by atoms with Crippen LogP contribution in [-0.4, -0.2) is 44.6 Å². The lowest BCUT2D eigenvalue weighted by Crippen LogP contribution is -2.33. The molecule has 0 amide bonds. The van der Waals surface area contributed by atoms with Gasteiger partial charge in [0.25, 0.3) is 0 Å². The van der Waals surface area contributed by atoms with E-state index in [2.05, 4.69) is 21.2 Å². The first kappa shape index (κ1) is 11.4. The predicted octanol–water partition coefficient (Wildman–Crippen LogP) is -0.180. The summed E-state index contributed by atoms with van der Waals surface area (Å²) < 4.78 is 23.4. The smallest absolute Gasteiger partial charge is 0.223 e. The Balaban J connectivity index is 3.93. The molecule has 0 bridgehead atoms. The first-order valence-corrected chi connectivity index (χ1v) is 5.92. The molecule has 11 heavy (non-hydrogen) atoms. The topological polar surface area (TPSA) is 49.4 Å². The van der Waals surface area contributed by atoms with Crippen LogP contribution in [0.5, 0.6) is 0 Å². The molecule has 4 nitrogen and oxygen atoms in total. The fourth-order valence-corrected chi connectivity index (χ4v) is 2.08. The summed E-state index contributed by atoms with van der Waals surface area (Å²) >= 11 is 2.91. The van der Waals surface area contributed by atoms with Crippen molar-refractivity contribution in [1.82, 2.24) is 9.62 Å². The van der Waals surface area contributed by atoms with Gasteiger partial charge in [-0.05, 0) is 7.05 Å². The average molecular weight is 245 g/mol. The van der Waals surface area contributed by atoms with E-state index in [1.54, 1.807) is 14.1 Å². The molecular formula is C5H13BrN2O2S. The molecule has 0 heterocycles. The van der Waals surface area contributed by atoms with Crippen molar-refractivity contribution in [3.8, 4) is 0 Å². The lowest BCUT2D eigenvalue weighted by atomic mass is 10.6. The molecule has 0 aliphatic carbocycles. The molecule has 0 saturated heterocycles. The Morgan fingerprint density at radius 1 is 1.55 bits per heavy atom. The van der Waals surface area contributed by atoms with E-state index in [9.17, 15) is 8.42 Å². The van der Waals surface area contributed by atoms with Crippen molar-refractivity contribution in [1.29, 1.82) is 0 Å². The minimum absolute atomic E-state index is 0.0137. The van der Waals surface area contributed by atoms with Crippen LogP contribution in [0.1, 0.15) is 0 Å². The largest absolute Gasteiger partial charge is 0.318 e. The van der Waals surface area contributed by atoms with Gasteiger partial charge in [0.2, 0.25) is 10.0 Å². The van der Waals surface area contributed by atoms with Crippen LogP contribution in [0.25, 0.3) is 0 Å². The summed E-state index contributed by atoms with van der Waals surface area (Å²) in [6.07, 6.45) is 0.